The molecule has 4 fully saturated rings. The van der Waals surface area contributed by atoms with Gasteiger partial charge >= 0.3 is 0 Å². The Labute approximate surface area is 164 Å². The van der Waals surface area contributed by atoms with Gasteiger partial charge in [0, 0.05) is 11.3 Å². The van der Waals surface area contributed by atoms with Crippen molar-refractivity contribution in [3.05, 3.63) is 0 Å². The van der Waals surface area contributed by atoms with E-state index in [2.05, 4.69) is 25.7 Å². The topological polar surface area (TPSA) is 58.9 Å². The third kappa shape index (κ3) is 2.89. The van der Waals surface area contributed by atoms with Crippen LogP contribution in [-0.4, -0.2) is 41.4 Å². The zero-order chi connectivity index (χ0) is 19.1. The van der Waals surface area contributed by atoms with Gasteiger partial charge in [-0.3, -0.25) is 0 Å². The van der Waals surface area contributed by atoms with Crippen molar-refractivity contribution >= 4 is 0 Å². The van der Waals surface area contributed by atoms with Gasteiger partial charge in [-0.25, -0.2) is 0 Å². The van der Waals surface area contributed by atoms with Crippen LogP contribution in [0.5, 0.6) is 0 Å². The molecule has 0 bridgehead atoms. The zero-order valence-corrected chi connectivity index (χ0v) is 17.0. The summed E-state index contributed by atoms with van der Waals surface area (Å²) in [6.45, 7) is 5.76. The maximum absolute atomic E-state index is 10.8. The van der Waals surface area contributed by atoms with Crippen LogP contribution in [0.25, 0.3) is 0 Å². The Morgan fingerprint density at radius 3 is 2.41 bits per heavy atom. The van der Waals surface area contributed by atoms with E-state index in [1.54, 1.807) is 0 Å². The summed E-state index contributed by atoms with van der Waals surface area (Å²) in [5.41, 5.74) is -0.0431. The van der Waals surface area contributed by atoms with Gasteiger partial charge in [0.1, 0.15) is 6.10 Å². The average molecular weight is 377 g/mol. The molecule has 1 saturated heterocycles. The van der Waals surface area contributed by atoms with Crippen molar-refractivity contribution in [1.29, 1.82) is 0 Å². The van der Waals surface area contributed by atoms with Gasteiger partial charge in [0.15, 0.2) is 5.79 Å². The van der Waals surface area contributed by atoms with Crippen LogP contribution >= 0.6 is 0 Å². The highest BCUT2D eigenvalue weighted by Crippen LogP contribution is 2.71. The van der Waals surface area contributed by atoms with Gasteiger partial charge in [-0.1, -0.05) is 45.0 Å². The van der Waals surface area contributed by atoms with Crippen LogP contribution in [0.1, 0.15) is 71.6 Å². The van der Waals surface area contributed by atoms with Gasteiger partial charge in [-0.05, 0) is 50.4 Å². The molecule has 4 rings (SSSR count). The molecule has 4 heteroatoms. The van der Waals surface area contributed by atoms with E-state index in [0.717, 1.165) is 38.5 Å². The molecule has 0 aromatic heterocycles. The smallest absolute Gasteiger partial charge is 0.177 e. The molecule has 1 unspecified atom stereocenters. The van der Waals surface area contributed by atoms with Crippen LogP contribution < -0.4 is 0 Å². The summed E-state index contributed by atoms with van der Waals surface area (Å²) in [4.78, 5) is 0. The molecule has 0 radical (unpaired) electrons. The molecular weight excluding hydrogens is 340 g/mol. The highest BCUT2D eigenvalue weighted by Gasteiger charge is 2.76. The van der Waals surface area contributed by atoms with Gasteiger partial charge in [0.05, 0.1) is 25.2 Å². The van der Waals surface area contributed by atoms with Crippen LogP contribution in [0.2, 0.25) is 0 Å². The van der Waals surface area contributed by atoms with Gasteiger partial charge in [0.25, 0.3) is 0 Å². The summed E-state index contributed by atoms with van der Waals surface area (Å²) in [6, 6.07) is 0. The van der Waals surface area contributed by atoms with E-state index in [1.165, 1.54) is 19.3 Å². The number of rotatable bonds is 3. The van der Waals surface area contributed by atoms with E-state index in [-0.39, 0.29) is 17.3 Å². The molecule has 4 nitrogen and oxygen atoms in total. The Morgan fingerprint density at radius 1 is 1.07 bits per heavy atom. The van der Waals surface area contributed by atoms with E-state index < -0.39 is 18.0 Å². The van der Waals surface area contributed by atoms with Crippen LogP contribution in [0, 0.1) is 40.9 Å². The molecule has 3 aliphatic carbocycles. The Kier molecular flexibility index (Phi) is 5.60. The molecule has 1 spiro atoms. The summed E-state index contributed by atoms with van der Waals surface area (Å²) in [6.07, 6.45) is 8.52. The standard InChI is InChI=1S/C23H36O4/c1-3-18-21-17(10-11-19(24)16-8-6-5-7-9-16)20(25)12-13-22(21,4-2)23(18)26-14-15-27-23/h16-21,24-25H,3-9,12-15H2,1-2H3/t17-,18?,19+,20+,21-,22-/m0/s1. The Morgan fingerprint density at radius 2 is 1.78 bits per heavy atom. The van der Waals surface area contributed by atoms with Crippen molar-refractivity contribution in [3.8, 4) is 11.8 Å². The molecule has 0 amide bonds. The summed E-state index contributed by atoms with van der Waals surface area (Å²) < 4.78 is 12.5. The highest BCUT2D eigenvalue weighted by atomic mass is 16.7. The van der Waals surface area contributed by atoms with Crippen LogP contribution in [0.4, 0.5) is 0 Å². The van der Waals surface area contributed by atoms with Crippen LogP contribution in [0.3, 0.4) is 0 Å². The van der Waals surface area contributed by atoms with Gasteiger partial charge < -0.3 is 19.7 Å². The molecule has 3 saturated carbocycles. The first-order chi connectivity index (χ1) is 13.1. The number of fused-ring (bicyclic) bond motifs is 2. The Bertz CT molecular complexity index is 581. The van der Waals surface area contributed by atoms with Crippen molar-refractivity contribution in [2.24, 2.45) is 29.1 Å². The van der Waals surface area contributed by atoms with Crippen molar-refractivity contribution in [2.45, 2.75) is 89.6 Å². The lowest BCUT2D eigenvalue weighted by atomic mass is 9.40. The molecule has 27 heavy (non-hydrogen) atoms. The van der Waals surface area contributed by atoms with Gasteiger partial charge in [-0.2, -0.15) is 0 Å². The Hall–Kier alpha value is -0.600. The van der Waals surface area contributed by atoms with E-state index in [9.17, 15) is 10.2 Å². The first-order valence-electron chi connectivity index (χ1n) is 11.2. The predicted molar refractivity (Wildman–Crippen MR) is 104 cm³/mol. The normalized spacial score (nSPS) is 42.1. The lowest BCUT2D eigenvalue weighted by Gasteiger charge is -2.70. The minimum Gasteiger partial charge on any atom is -0.392 e. The first kappa shape index (κ1) is 19.7. The minimum absolute atomic E-state index is 0.0431. The van der Waals surface area contributed by atoms with E-state index in [4.69, 9.17) is 9.47 Å². The molecule has 4 aliphatic rings. The monoisotopic (exact) mass is 376 g/mol. The lowest BCUT2D eigenvalue weighted by molar-refractivity contribution is -0.391. The molecular formula is C23H36O4. The molecule has 1 aliphatic heterocycles. The minimum atomic E-state index is -0.552. The maximum Gasteiger partial charge on any atom is 0.177 e. The first-order valence-corrected chi connectivity index (χ1v) is 11.2. The average Bonchev–Trinajstić information content (AvgIpc) is 3.21. The predicted octanol–water partition coefficient (Wildman–Crippen LogP) is 3.50. The zero-order valence-electron chi connectivity index (χ0n) is 17.0. The third-order valence-corrected chi connectivity index (χ3v) is 8.22. The molecule has 0 aromatic rings. The summed E-state index contributed by atoms with van der Waals surface area (Å²) in [5.74, 6) is 6.86. The fraction of sp³-hybridized carbons (Fsp3) is 0.913. The summed E-state index contributed by atoms with van der Waals surface area (Å²) in [5, 5.41) is 21.4. The molecule has 0 aromatic carbocycles. The van der Waals surface area contributed by atoms with Crippen molar-refractivity contribution < 1.29 is 19.7 Å². The molecule has 6 atom stereocenters. The molecule has 152 valence electrons. The van der Waals surface area contributed by atoms with Crippen molar-refractivity contribution in [1.82, 2.24) is 0 Å². The quantitative estimate of drug-likeness (QED) is 0.740. The second kappa shape index (κ2) is 7.67. The summed E-state index contributed by atoms with van der Waals surface area (Å²) in [7, 11) is 0. The Balaban J connectivity index is 1.58. The largest absolute Gasteiger partial charge is 0.392 e. The van der Waals surface area contributed by atoms with E-state index in [0.29, 0.717) is 25.0 Å². The van der Waals surface area contributed by atoms with Gasteiger partial charge in [-0.15, -0.1) is 0 Å². The number of ether oxygens (including phenoxy) is 2. The number of aliphatic hydroxyl groups is 2. The highest BCUT2D eigenvalue weighted by molar-refractivity contribution is 5.25. The van der Waals surface area contributed by atoms with Crippen molar-refractivity contribution in [3.63, 3.8) is 0 Å². The van der Waals surface area contributed by atoms with E-state index in [1.807, 2.05) is 0 Å². The SMILES string of the molecule is CCC1[C@@H]2[C@@H](C#C[C@@H](O)C3CCCCC3)[C@H](O)CC[C@]2(CC)C12OCCO2. The molecule has 1 heterocycles. The fourth-order valence-electron chi connectivity index (χ4n) is 6.93. The number of aliphatic hydroxyl groups excluding tert-OH is 2. The fourth-order valence-corrected chi connectivity index (χ4v) is 6.93. The maximum atomic E-state index is 10.8. The number of hydrogen-bond donors (Lipinski definition) is 2. The molecule has 2 N–H and O–H groups in total. The van der Waals surface area contributed by atoms with Crippen molar-refractivity contribution in [2.75, 3.05) is 13.2 Å². The van der Waals surface area contributed by atoms with Gasteiger partial charge in [0.2, 0.25) is 0 Å². The van der Waals surface area contributed by atoms with Crippen LogP contribution in [-0.2, 0) is 9.47 Å². The van der Waals surface area contributed by atoms with E-state index >= 15 is 0 Å². The second-order valence-corrected chi connectivity index (χ2v) is 9.18. The second-order valence-electron chi connectivity index (χ2n) is 9.18. The number of hydrogen-bond acceptors (Lipinski definition) is 4. The summed E-state index contributed by atoms with van der Waals surface area (Å²) >= 11 is 0. The van der Waals surface area contributed by atoms with Crippen LogP contribution in [0.15, 0.2) is 0 Å². The lowest BCUT2D eigenvalue weighted by Crippen LogP contribution is -2.74. The third-order valence-electron chi connectivity index (χ3n) is 8.22.